The van der Waals surface area contributed by atoms with E-state index < -0.39 is 10.1 Å². The number of nitrogens with zero attached hydrogens (tertiary/aromatic N) is 2. The highest BCUT2D eigenvalue weighted by molar-refractivity contribution is 8.40. The Kier molecular flexibility index (Phi) is 7.66. The van der Waals surface area contributed by atoms with Gasteiger partial charge in [-0.1, -0.05) is 53.7 Å². The molecule has 2 heterocycles. The Morgan fingerprint density at radius 1 is 1.09 bits per heavy atom. The molecular weight excluding hydrogens is 464 g/mol. The molecule has 2 aliphatic heterocycles. The van der Waals surface area contributed by atoms with Crippen molar-refractivity contribution in [2.75, 3.05) is 24.7 Å². The van der Waals surface area contributed by atoms with Crippen LogP contribution in [0.25, 0.3) is 6.08 Å². The zero-order chi connectivity index (χ0) is 23.5. The summed E-state index contributed by atoms with van der Waals surface area (Å²) in [7, 11) is -2.25. The van der Waals surface area contributed by atoms with Gasteiger partial charge < -0.3 is 9.45 Å². The molecule has 6 nitrogen and oxygen atoms in total. The summed E-state index contributed by atoms with van der Waals surface area (Å²) in [6, 6.07) is 14.0. The molecule has 2 aliphatic rings. The first-order valence-corrected chi connectivity index (χ1v) is 13.3. The number of benzene rings is 2. The lowest BCUT2D eigenvalue weighted by Gasteiger charge is -2.26. The van der Waals surface area contributed by atoms with Crippen LogP contribution in [0.15, 0.2) is 70.1 Å². The average molecular weight is 489 g/mol. The van der Waals surface area contributed by atoms with Gasteiger partial charge in [0.1, 0.15) is 10.1 Å². The maximum absolute atomic E-state index is 12.6. The van der Waals surface area contributed by atoms with Crippen LogP contribution >= 0.6 is 23.5 Å². The second-order valence-electron chi connectivity index (χ2n) is 7.05. The van der Waals surface area contributed by atoms with E-state index in [1.807, 2.05) is 49.9 Å². The van der Waals surface area contributed by atoms with Crippen LogP contribution in [0.3, 0.4) is 0 Å². The van der Waals surface area contributed by atoms with E-state index in [1.54, 1.807) is 35.7 Å². The predicted octanol–water partition coefficient (Wildman–Crippen LogP) is 4.29. The molecule has 0 bridgehead atoms. The van der Waals surface area contributed by atoms with Crippen LogP contribution in [0.5, 0.6) is 0 Å². The van der Waals surface area contributed by atoms with Gasteiger partial charge in [0, 0.05) is 24.5 Å². The minimum Gasteiger partial charge on any atom is -0.744 e. The van der Waals surface area contributed by atoms with Crippen molar-refractivity contribution in [2.24, 2.45) is 0 Å². The Bertz CT molecular complexity index is 1230. The molecule has 0 radical (unpaired) electrons. The first kappa shape index (κ1) is 24.3. The third kappa shape index (κ3) is 5.17. The maximum atomic E-state index is 12.6. The molecule has 0 spiro atoms. The molecule has 0 saturated carbocycles. The van der Waals surface area contributed by atoms with Gasteiger partial charge >= 0.3 is 5.91 Å². The smallest absolute Gasteiger partial charge is 0.429 e. The van der Waals surface area contributed by atoms with Crippen LogP contribution in [-0.2, 0) is 14.9 Å². The summed E-state index contributed by atoms with van der Waals surface area (Å²) in [4.78, 5) is 15.4. The van der Waals surface area contributed by atoms with Crippen molar-refractivity contribution in [1.29, 1.82) is 0 Å². The quantitative estimate of drug-likeness (QED) is 0.354. The van der Waals surface area contributed by atoms with Crippen LogP contribution in [0.1, 0.15) is 18.1 Å². The van der Waals surface area contributed by atoms with Crippen LogP contribution < -0.4 is 4.90 Å². The molecule has 0 atom stereocenters. The molecular formula is C23H24N2O4S3. The minimum absolute atomic E-state index is 0.109. The zero-order valence-electron chi connectivity index (χ0n) is 18.2. The highest BCUT2D eigenvalue weighted by atomic mass is 32.2. The van der Waals surface area contributed by atoms with Crippen LogP contribution in [0, 0.1) is 6.92 Å². The van der Waals surface area contributed by atoms with Gasteiger partial charge in [0.25, 0.3) is 4.38 Å². The summed E-state index contributed by atoms with van der Waals surface area (Å²) in [6.07, 6.45) is 6.14. The molecule has 2 aromatic rings. The number of aryl methyl sites for hydroxylation is 1. The van der Waals surface area contributed by atoms with Gasteiger partial charge in [-0.25, -0.2) is 13.2 Å². The van der Waals surface area contributed by atoms with Gasteiger partial charge in [0.2, 0.25) is 0 Å². The van der Waals surface area contributed by atoms with E-state index in [9.17, 15) is 17.8 Å². The average Bonchev–Trinajstić information content (AvgIpc) is 3.09. The molecule has 0 aromatic heterocycles. The molecule has 2 aromatic carbocycles. The lowest BCUT2D eigenvalue weighted by atomic mass is 10.1. The number of fused-ring (bicyclic) bond motifs is 1. The number of allylic oxidation sites excluding steroid dienone is 1. The molecule has 0 N–H and O–H groups in total. The van der Waals surface area contributed by atoms with E-state index >= 15 is 0 Å². The molecule has 4 rings (SSSR count). The first-order chi connectivity index (χ1) is 15.2. The first-order valence-electron chi connectivity index (χ1n) is 9.85. The van der Waals surface area contributed by atoms with Gasteiger partial charge in [0.15, 0.2) is 11.4 Å². The Hall–Kier alpha value is -2.33. The number of amides is 1. The van der Waals surface area contributed by atoms with E-state index in [0.717, 1.165) is 26.2 Å². The number of thioether (sulfide) groups is 2. The van der Waals surface area contributed by atoms with Crippen molar-refractivity contribution in [1.82, 2.24) is 0 Å². The van der Waals surface area contributed by atoms with E-state index in [-0.39, 0.29) is 10.8 Å². The van der Waals surface area contributed by atoms with Crippen molar-refractivity contribution in [3.05, 3.63) is 76.3 Å². The number of carbonyl (C=O) groups is 1. The Morgan fingerprint density at radius 3 is 2.31 bits per heavy atom. The number of anilines is 1. The fourth-order valence-corrected chi connectivity index (χ4v) is 5.74. The number of hydrogen-bond acceptors (Lipinski definition) is 7. The molecule has 0 fully saturated rings. The summed E-state index contributed by atoms with van der Waals surface area (Å²) < 4.78 is 34.1. The number of likely N-dealkylation sites (N-methyl/N-ethyl adjacent to an activating group) is 2. The molecule has 0 saturated heterocycles. The summed E-state index contributed by atoms with van der Waals surface area (Å²) in [5.41, 5.74) is 4.22. The fraction of sp³-hybridized carbons (Fsp3) is 0.217. The van der Waals surface area contributed by atoms with Crippen LogP contribution in [-0.4, -0.2) is 47.7 Å². The fourth-order valence-electron chi connectivity index (χ4n) is 3.26. The number of rotatable bonds is 2. The third-order valence-electron chi connectivity index (χ3n) is 4.96. The van der Waals surface area contributed by atoms with E-state index in [1.165, 1.54) is 17.7 Å². The zero-order valence-corrected chi connectivity index (χ0v) is 20.7. The van der Waals surface area contributed by atoms with Gasteiger partial charge in [-0.15, -0.1) is 4.58 Å². The molecule has 168 valence electrons. The molecule has 1 amide bonds. The van der Waals surface area contributed by atoms with E-state index in [2.05, 4.69) is 23.1 Å². The maximum Gasteiger partial charge on any atom is 0.429 e. The van der Waals surface area contributed by atoms with Crippen molar-refractivity contribution in [3.8, 4) is 0 Å². The van der Waals surface area contributed by atoms with Crippen LogP contribution in [0.2, 0.25) is 0 Å². The van der Waals surface area contributed by atoms with Crippen molar-refractivity contribution in [3.63, 3.8) is 0 Å². The lowest BCUT2D eigenvalue weighted by Crippen LogP contribution is -2.24. The summed E-state index contributed by atoms with van der Waals surface area (Å²) in [5.74, 6) is 0.109. The predicted molar refractivity (Wildman–Crippen MR) is 132 cm³/mol. The number of para-hydroxylation sites is 1. The van der Waals surface area contributed by atoms with E-state index in [0.29, 0.717) is 6.54 Å². The van der Waals surface area contributed by atoms with Crippen molar-refractivity contribution < 1.29 is 22.3 Å². The van der Waals surface area contributed by atoms with Gasteiger partial charge in [0.05, 0.1) is 10.6 Å². The molecule has 32 heavy (non-hydrogen) atoms. The highest BCUT2D eigenvalue weighted by Crippen LogP contribution is 2.38. The second kappa shape index (κ2) is 10.1. The molecule has 9 heteroatoms. The summed E-state index contributed by atoms with van der Waals surface area (Å²) in [6.45, 7) is 4.54. The standard InChI is InChI=1S/C16H17N2OS2.C7H8O3S/c1-4-18-15(19)14(21-16(18)20-3)13-10-9-11-7-5-6-8-12(11)17(13)2;1-6-2-4-7(5-3-6)11(8,9)10/h5-10H,4H2,1-3H3;2-5H,1H3,(H,8,9,10)/q+1;/p-1. The van der Waals surface area contributed by atoms with Crippen molar-refractivity contribution >= 4 is 55.7 Å². The largest absolute Gasteiger partial charge is 0.744 e. The number of carbonyl (C=O) groups excluding carboxylic acids is 1. The second-order valence-corrected chi connectivity index (χ2v) is 10.5. The monoisotopic (exact) mass is 488 g/mol. The molecule has 0 aliphatic carbocycles. The lowest BCUT2D eigenvalue weighted by molar-refractivity contribution is -0.433. The van der Waals surface area contributed by atoms with Crippen LogP contribution in [0.4, 0.5) is 5.69 Å². The van der Waals surface area contributed by atoms with Gasteiger partial charge in [-0.3, -0.25) is 0 Å². The Labute approximate surface area is 197 Å². The van der Waals surface area contributed by atoms with Gasteiger partial charge in [-0.05, 0) is 49.9 Å². The van der Waals surface area contributed by atoms with Gasteiger partial charge in [-0.2, -0.15) is 0 Å². The normalized spacial score (nSPS) is 17.9. The molecule has 0 unspecified atom stereocenters. The SMILES string of the molecule is CC[N+]1=C(SC)SC(=C2C=Cc3ccccc3N2C)C1=O.Cc1ccc(S(=O)(=O)[O-])cc1. The topological polar surface area (TPSA) is 80.5 Å². The Balaban J connectivity index is 0.000000222. The Morgan fingerprint density at radius 2 is 1.75 bits per heavy atom. The summed E-state index contributed by atoms with van der Waals surface area (Å²) >= 11 is 3.21. The summed E-state index contributed by atoms with van der Waals surface area (Å²) in [5, 5.41) is 0. The highest BCUT2D eigenvalue weighted by Gasteiger charge is 2.39. The minimum atomic E-state index is -4.27. The van der Waals surface area contributed by atoms with Crippen molar-refractivity contribution in [2.45, 2.75) is 18.7 Å². The van der Waals surface area contributed by atoms with E-state index in [4.69, 9.17) is 0 Å². The number of hydrogen-bond donors (Lipinski definition) is 0. The third-order valence-corrected chi connectivity index (χ3v) is 8.11.